The van der Waals surface area contributed by atoms with E-state index < -0.39 is 0 Å². The van der Waals surface area contributed by atoms with Crippen LogP contribution in [0, 0.1) is 0 Å². The summed E-state index contributed by atoms with van der Waals surface area (Å²) < 4.78 is 0. The van der Waals surface area contributed by atoms with E-state index in [0.29, 0.717) is 5.92 Å². The Labute approximate surface area is 178 Å². The van der Waals surface area contributed by atoms with Crippen molar-refractivity contribution >= 4 is 46.4 Å². The number of hydrogen-bond donors (Lipinski definition) is 0. The van der Waals surface area contributed by atoms with Gasteiger partial charge in [-0.25, -0.2) is 0 Å². The van der Waals surface area contributed by atoms with Crippen molar-refractivity contribution in [3.8, 4) is 0 Å². The molecule has 1 unspecified atom stereocenters. The van der Waals surface area contributed by atoms with Crippen LogP contribution in [0.4, 0.5) is 0 Å². The second-order valence-corrected chi connectivity index (χ2v) is 9.02. The third-order valence-corrected chi connectivity index (χ3v) is 6.96. The summed E-state index contributed by atoms with van der Waals surface area (Å²) in [5, 5.41) is 2.67. The fraction of sp³-hybridized carbons (Fsp3) is 0.308. The molecule has 3 aromatic rings. The second kappa shape index (κ2) is 10.2. The number of fused-ring (bicyclic) bond motifs is 1. The molecule has 0 aromatic heterocycles. The summed E-state index contributed by atoms with van der Waals surface area (Å²) in [6.07, 6.45) is 12.6. The maximum absolute atomic E-state index is 2.39. The molecule has 0 bridgehead atoms. The molecule has 146 valence electrons. The average Bonchev–Trinajstić information content (AvgIpc) is 2.75. The molecule has 0 aliphatic rings. The first-order valence-electron chi connectivity index (χ1n) is 10.1. The molecule has 0 fully saturated rings. The molecular formula is C26H30S2. The van der Waals surface area contributed by atoms with Crippen molar-refractivity contribution < 1.29 is 0 Å². The van der Waals surface area contributed by atoms with E-state index in [1.807, 2.05) is 11.8 Å². The van der Waals surface area contributed by atoms with Gasteiger partial charge in [-0.05, 0) is 70.5 Å². The molecule has 0 spiro atoms. The average molecular weight is 407 g/mol. The van der Waals surface area contributed by atoms with Crippen LogP contribution in [-0.2, 0) is 0 Å². The van der Waals surface area contributed by atoms with E-state index >= 15 is 0 Å². The Kier molecular flexibility index (Phi) is 7.70. The summed E-state index contributed by atoms with van der Waals surface area (Å²) in [4.78, 5) is 2.65. The first kappa shape index (κ1) is 21.1. The molecule has 0 heterocycles. The first-order valence-corrected chi connectivity index (χ1v) is 12.5. The van der Waals surface area contributed by atoms with Crippen molar-refractivity contribution in [2.24, 2.45) is 0 Å². The van der Waals surface area contributed by atoms with Crippen LogP contribution in [0.3, 0.4) is 0 Å². The van der Waals surface area contributed by atoms with E-state index in [4.69, 9.17) is 0 Å². The fourth-order valence-electron chi connectivity index (χ4n) is 3.59. The van der Waals surface area contributed by atoms with Gasteiger partial charge in [-0.3, -0.25) is 0 Å². The summed E-state index contributed by atoms with van der Waals surface area (Å²) in [6, 6.07) is 20.3. The Bertz CT molecular complexity index is 956. The minimum Gasteiger partial charge on any atom is -0.129 e. The Morgan fingerprint density at radius 2 is 1.57 bits per heavy atom. The number of thioether (sulfide) groups is 2. The van der Waals surface area contributed by atoms with Crippen molar-refractivity contribution in [2.45, 2.75) is 48.8 Å². The zero-order chi connectivity index (χ0) is 19.9. The summed E-state index contributed by atoms with van der Waals surface area (Å²) >= 11 is 3.62. The Morgan fingerprint density at radius 3 is 2.32 bits per heavy atom. The van der Waals surface area contributed by atoms with Crippen LogP contribution < -0.4 is 0 Å². The van der Waals surface area contributed by atoms with Crippen LogP contribution in [0.1, 0.15) is 55.7 Å². The molecule has 28 heavy (non-hydrogen) atoms. The Balaban J connectivity index is 1.94. The third kappa shape index (κ3) is 5.04. The summed E-state index contributed by atoms with van der Waals surface area (Å²) in [6.45, 7) is 4.62. The van der Waals surface area contributed by atoms with Gasteiger partial charge in [0.25, 0.3) is 0 Å². The van der Waals surface area contributed by atoms with E-state index in [2.05, 4.69) is 93.1 Å². The number of rotatable bonds is 8. The minimum absolute atomic E-state index is 0.629. The van der Waals surface area contributed by atoms with Crippen molar-refractivity contribution in [3.05, 3.63) is 71.3 Å². The third-order valence-electron chi connectivity index (χ3n) is 5.35. The van der Waals surface area contributed by atoms with Crippen LogP contribution in [0.2, 0.25) is 0 Å². The molecule has 0 nitrogen and oxygen atoms in total. The highest BCUT2D eigenvalue weighted by atomic mass is 32.2. The normalized spacial score (nSPS) is 12.7. The van der Waals surface area contributed by atoms with Crippen molar-refractivity contribution in [3.63, 3.8) is 0 Å². The highest BCUT2D eigenvalue weighted by molar-refractivity contribution is 7.99. The quantitative estimate of drug-likeness (QED) is 0.271. The van der Waals surface area contributed by atoms with Gasteiger partial charge in [-0.15, -0.1) is 23.5 Å². The van der Waals surface area contributed by atoms with Gasteiger partial charge in [0.15, 0.2) is 0 Å². The lowest BCUT2D eigenvalue weighted by Gasteiger charge is -2.13. The van der Waals surface area contributed by atoms with Gasteiger partial charge in [-0.2, -0.15) is 0 Å². The molecule has 0 radical (unpaired) electrons. The lowest BCUT2D eigenvalue weighted by molar-refractivity contribution is 0.625. The van der Waals surface area contributed by atoms with Gasteiger partial charge in [0, 0.05) is 9.79 Å². The molecule has 0 aliphatic carbocycles. The van der Waals surface area contributed by atoms with Crippen LogP contribution in [0.5, 0.6) is 0 Å². The smallest absolute Gasteiger partial charge is 0.0148 e. The lowest BCUT2D eigenvalue weighted by Crippen LogP contribution is -1.94. The van der Waals surface area contributed by atoms with Crippen LogP contribution in [0.15, 0.2) is 64.4 Å². The number of unbranched alkanes of at least 4 members (excludes halogenated alkanes) is 1. The molecule has 3 aromatic carbocycles. The standard InChI is InChI=1S/C26H30S2/c1-5-6-9-19(2)21-13-14-22-17-23(26(28-4)18-24(22)16-21)15-12-20-10-7-8-11-25(20)27-3/h7-8,10-19H,5-6,9H2,1-4H3. The van der Waals surface area contributed by atoms with E-state index in [0.717, 1.165) is 0 Å². The van der Waals surface area contributed by atoms with Gasteiger partial charge >= 0.3 is 0 Å². The molecule has 0 saturated heterocycles. The van der Waals surface area contributed by atoms with Gasteiger partial charge in [0.2, 0.25) is 0 Å². The maximum atomic E-state index is 2.39. The largest absolute Gasteiger partial charge is 0.129 e. The summed E-state index contributed by atoms with van der Waals surface area (Å²) in [5.74, 6) is 0.629. The predicted octanol–water partition coefficient (Wildman–Crippen LogP) is 8.75. The van der Waals surface area contributed by atoms with Gasteiger partial charge in [-0.1, -0.05) is 75.2 Å². The van der Waals surface area contributed by atoms with E-state index in [1.54, 1.807) is 11.8 Å². The molecule has 2 heteroatoms. The molecule has 3 rings (SSSR count). The summed E-state index contributed by atoms with van der Waals surface area (Å²) in [7, 11) is 0. The molecule has 0 saturated carbocycles. The molecule has 0 amide bonds. The monoisotopic (exact) mass is 406 g/mol. The van der Waals surface area contributed by atoms with Gasteiger partial charge < -0.3 is 0 Å². The number of hydrogen-bond acceptors (Lipinski definition) is 2. The Morgan fingerprint density at radius 1 is 0.821 bits per heavy atom. The molecular weight excluding hydrogens is 376 g/mol. The van der Waals surface area contributed by atoms with Crippen molar-refractivity contribution in [1.29, 1.82) is 0 Å². The topological polar surface area (TPSA) is 0 Å². The van der Waals surface area contributed by atoms with Crippen LogP contribution in [-0.4, -0.2) is 12.5 Å². The van der Waals surface area contributed by atoms with Crippen LogP contribution >= 0.6 is 23.5 Å². The lowest BCUT2D eigenvalue weighted by atomic mass is 9.93. The first-order chi connectivity index (χ1) is 13.7. The molecule has 0 aliphatic heterocycles. The van der Waals surface area contributed by atoms with Crippen molar-refractivity contribution in [1.82, 2.24) is 0 Å². The van der Waals surface area contributed by atoms with Gasteiger partial charge in [0.05, 0.1) is 0 Å². The van der Waals surface area contributed by atoms with E-state index in [9.17, 15) is 0 Å². The zero-order valence-electron chi connectivity index (χ0n) is 17.4. The molecule has 0 N–H and O–H groups in total. The van der Waals surface area contributed by atoms with Crippen LogP contribution in [0.25, 0.3) is 22.9 Å². The van der Waals surface area contributed by atoms with E-state index in [1.165, 1.54) is 56.5 Å². The molecule has 1 atom stereocenters. The summed E-state index contributed by atoms with van der Waals surface area (Å²) in [5.41, 5.74) is 4.04. The SMILES string of the molecule is CCCCC(C)c1ccc2cc(C=Cc3ccccc3SC)c(SC)cc2c1. The van der Waals surface area contributed by atoms with Gasteiger partial charge in [0.1, 0.15) is 0 Å². The highest BCUT2D eigenvalue weighted by Gasteiger charge is 2.08. The maximum Gasteiger partial charge on any atom is 0.0148 e. The van der Waals surface area contributed by atoms with E-state index in [-0.39, 0.29) is 0 Å². The second-order valence-electron chi connectivity index (χ2n) is 7.32. The Hall–Kier alpha value is -1.64. The number of benzene rings is 3. The predicted molar refractivity (Wildman–Crippen MR) is 131 cm³/mol. The van der Waals surface area contributed by atoms with Crippen molar-refractivity contribution in [2.75, 3.05) is 12.5 Å². The highest BCUT2D eigenvalue weighted by Crippen LogP contribution is 2.32. The minimum atomic E-state index is 0.629. The zero-order valence-corrected chi connectivity index (χ0v) is 19.0. The fourth-order valence-corrected chi connectivity index (χ4v) is 4.78.